The van der Waals surface area contributed by atoms with Gasteiger partial charge in [0.15, 0.2) is 0 Å². The Bertz CT molecular complexity index is 1330. The Morgan fingerprint density at radius 1 is 0.878 bits per heavy atom. The number of hydrogen-bond acceptors (Lipinski definition) is 7. The third-order valence-electron chi connectivity index (χ3n) is 6.16. The number of rotatable bonds is 6. The Morgan fingerprint density at radius 2 is 1.39 bits per heavy atom. The van der Waals surface area contributed by atoms with E-state index in [1.165, 1.54) is 0 Å². The highest BCUT2D eigenvalue weighted by Crippen LogP contribution is 2.44. The van der Waals surface area contributed by atoms with Crippen LogP contribution in [0.2, 0.25) is 0 Å². The Kier molecular flexibility index (Phi) is 8.31. The monoisotopic (exact) mass is 559 g/mol. The second-order valence-corrected chi connectivity index (χ2v) is 9.16. The molecule has 2 aromatic heterocycles. The lowest BCUT2D eigenvalue weighted by atomic mass is 9.26. The maximum atomic E-state index is 13.2. The number of halogens is 6. The molecule has 1 aliphatic heterocycles. The lowest BCUT2D eigenvalue weighted by molar-refractivity contribution is -0.139. The number of piperazine rings is 1. The number of anilines is 2. The molecular weight excluding hydrogens is 547 g/mol. The molecule has 0 aromatic carbocycles. The first-order valence-corrected chi connectivity index (χ1v) is 11.2. The van der Waals surface area contributed by atoms with Crippen molar-refractivity contribution in [1.82, 2.24) is 25.1 Å². The van der Waals surface area contributed by atoms with E-state index < -0.39 is 68.7 Å². The zero-order valence-electron chi connectivity index (χ0n) is 20.8. The van der Waals surface area contributed by atoms with Crippen molar-refractivity contribution in [1.29, 1.82) is 0 Å². The van der Waals surface area contributed by atoms with E-state index in [-0.39, 0.29) is 18.8 Å². The van der Waals surface area contributed by atoms with Crippen LogP contribution in [0.1, 0.15) is 24.0 Å². The van der Waals surface area contributed by atoms with Gasteiger partial charge in [-0.25, -0.2) is 15.1 Å². The Balaban J connectivity index is 1.83. The van der Waals surface area contributed by atoms with E-state index in [1.807, 2.05) is 0 Å². The molecule has 0 saturated carbocycles. The van der Waals surface area contributed by atoms with E-state index in [1.54, 1.807) is 5.10 Å². The summed E-state index contributed by atoms with van der Waals surface area (Å²) in [5.74, 6) is -2.13. The van der Waals surface area contributed by atoms with Gasteiger partial charge >= 0.3 is 12.4 Å². The molecule has 41 heavy (non-hydrogen) atoms. The van der Waals surface area contributed by atoms with Crippen molar-refractivity contribution < 1.29 is 31.1 Å². The molecule has 1 amide bonds. The molecule has 2 aromatic rings. The zero-order valence-corrected chi connectivity index (χ0v) is 20.8. The molecule has 0 aliphatic carbocycles. The largest absolute Gasteiger partial charge is 0.421 e. The number of aromatic nitrogens is 4. The van der Waals surface area contributed by atoms with Crippen LogP contribution >= 0.6 is 0 Å². The number of aromatic amines is 1. The van der Waals surface area contributed by atoms with Crippen LogP contribution in [-0.2, 0) is 17.1 Å². The maximum absolute atomic E-state index is 13.2. The summed E-state index contributed by atoms with van der Waals surface area (Å²) >= 11 is 0. The lowest BCUT2D eigenvalue weighted by Gasteiger charge is -2.75. The highest BCUT2D eigenvalue weighted by molar-refractivity contribution is 6.62. The number of hydrogen-bond donors (Lipinski definition) is 2. The molecule has 1 fully saturated rings. The normalized spacial score (nSPS) is 19.5. The first-order chi connectivity index (χ1) is 18.5. The molecular formula is C18H11B8F6N7O2. The van der Waals surface area contributed by atoms with Crippen molar-refractivity contribution in [3.05, 3.63) is 39.9 Å². The van der Waals surface area contributed by atoms with Gasteiger partial charge in [-0.1, -0.05) is 0 Å². The van der Waals surface area contributed by atoms with Gasteiger partial charge in [0.25, 0.3) is 5.56 Å². The molecule has 1 aliphatic rings. The summed E-state index contributed by atoms with van der Waals surface area (Å²) in [6, 6.07) is 0.465. The van der Waals surface area contributed by atoms with E-state index in [4.69, 9.17) is 62.8 Å². The fourth-order valence-corrected chi connectivity index (χ4v) is 3.93. The minimum Gasteiger partial charge on any atom is -0.369 e. The molecule has 2 N–H and O–H groups in total. The van der Waals surface area contributed by atoms with Crippen molar-refractivity contribution in [2.24, 2.45) is 0 Å². The zero-order chi connectivity index (χ0) is 31.4. The summed E-state index contributed by atoms with van der Waals surface area (Å²) in [4.78, 5) is 32.4. The predicted octanol–water partition coefficient (Wildman–Crippen LogP) is -1.90. The molecule has 0 unspecified atom stereocenters. The van der Waals surface area contributed by atoms with Crippen molar-refractivity contribution in [3.63, 3.8) is 0 Å². The summed E-state index contributed by atoms with van der Waals surface area (Å²) in [7, 11) is 48.9. The summed E-state index contributed by atoms with van der Waals surface area (Å²) < 4.78 is 77.7. The van der Waals surface area contributed by atoms with Crippen LogP contribution in [0.25, 0.3) is 0 Å². The van der Waals surface area contributed by atoms with Gasteiger partial charge < -0.3 is 15.1 Å². The van der Waals surface area contributed by atoms with Crippen LogP contribution in [0.3, 0.4) is 0 Å². The second kappa shape index (κ2) is 10.4. The molecule has 1 saturated heterocycles. The molecule has 0 spiro atoms. The summed E-state index contributed by atoms with van der Waals surface area (Å²) in [6.45, 7) is -0.182. The first kappa shape index (κ1) is 32.6. The van der Waals surface area contributed by atoms with Gasteiger partial charge in [0.05, 0.1) is 68.3 Å². The van der Waals surface area contributed by atoms with Gasteiger partial charge in [0.1, 0.15) is 11.4 Å². The van der Waals surface area contributed by atoms with Gasteiger partial charge in [-0.2, -0.15) is 31.4 Å². The summed E-state index contributed by atoms with van der Waals surface area (Å²) in [6.07, 6.45) is -9.68. The first-order valence-electron chi connectivity index (χ1n) is 11.2. The predicted molar refractivity (Wildman–Crippen MR) is 141 cm³/mol. The SMILES string of the molecule is [B]C1([B])N(C(=O)CCCNc2cc(C(F)(F)F)c(=O)[nH]n2)C([B])([B])C([B])([B])N(c2ncc(C(F)(F)F)cn2)C1([B])[B]. The van der Waals surface area contributed by atoms with E-state index >= 15 is 0 Å². The fraction of sp³-hybridized carbons (Fsp3) is 0.500. The van der Waals surface area contributed by atoms with Crippen molar-refractivity contribution in [2.75, 3.05) is 16.8 Å². The molecule has 9 nitrogen and oxygen atoms in total. The van der Waals surface area contributed by atoms with Crippen molar-refractivity contribution in [2.45, 2.75) is 46.5 Å². The molecule has 16 radical (unpaired) electrons. The molecule has 3 rings (SSSR count). The van der Waals surface area contributed by atoms with Gasteiger partial charge in [0, 0.05) is 31.4 Å². The Labute approximate surface area is 240 Å². The standard InChI is InChI=1S/C18H11B8F6N7O2/c19-15(20)17(23,24)39(12-34-5-7(6-35-12)13(27,28)29)18(25,26)16(21,22)38(15)10(40)2-1-3-33-9-4-8(14(30,31)32)11(41)37-36-9/h4-6H,1-3H2,(H,33,36)(H,37,41). The van der Waals surface area contributed by atoms with E-state index in [2.05, 4.69) is 20.4 Å². The average molecular weight is 558 g/mol. The van der Waals surface area contributed by atoms with Crippen LogP contribution in [0.4, 0.5) is 38.1 Å². The fourth-order valence-electron chi connectivity index (χ4n) is 3.93. The number of carbonyl (C=O) groups excluding carboxylic acids is 1. The minimum absolute atomic E-state index is 0.139. The summed E-state index contributed by atoms with van der Waals surface area (Å²) in [5, 5.41) is -3.32. The Morgan fingerprint density at radius 3 is 1.85 bits per heavy atom. The molecule has 23 heteroatoms. The van der Waals surface area contributed by atoms with Gasteiger partial charge in [-0.05, 0) is 27.8 Å². The van der Waals surface area contributed by atoms with E-state index in [0.29, 0.717) is 28.3 Å². The van der Waals surface area contributed by atoms with Gasteiger partial charge in [-0.15, -0.1) is 0 Å². The lowest BCUT2D eigenvalue weighted by Crippen LogP contribution is -2.93. The molecule has 3 heterocycles. The quantitative estimate of drug-likeness (QED) is 0.243. The van der Waals surface area contributed by atoms with Crippen LogP contribution in [0, 0.1) is 0 Å². The van der Waals surface area contributed by atoms with Crippen molar-refractivity contribution >= 4 is 80.4 Å². The third-order valence-corrected chi connectivity index (χ3v) is 6.16. The third kappa shape index (κ3) is 5.77. The Hall–Kier alpha value is -2.87. The average Bonchev–Trinajstić information content (AvgIpc) is 2.80. The number of amides is 1. The van der Waals surface area contributed by atoms with Crippen LogP contribution < -0.4 is 15.8 Å². The van der Waals surface area contributed by atoms with Crippen LogP contribution in [0.5, 0.6) is 0 Å². The van der Waals surface area contributed by atoms with Crippen LogP contribution in [0.15, 0.2) is 23.3 Å². The number of nitrogens with zero attached hydrogens (tertiary/aromatic N) is 5. The number of H-pyrrole nitrogens is 1. The van der Waals surface area contributed by atoms with E-state index in [9.17, 15) is 35.9 Å². The molecule has 0 bridgehead atoms. The maximum Gasteiger partial charge on any atom is 0.421 e. The van der Waals surface area contributed by atoms with Gasteiger partial charge in [-0.3, -0.25) is 9.59 Å². The number of nitrogens with one attached hydrogen (secondary N) is 2. The highest BCUT2D eigenvalue weighted by atomic mass is 19.4. The molecule has 196 valence electrons. The van der Waals surface area contributed by atoms with E-state index in [0.717, 1.165) is 0 Å². The second-order valence-electron chi connectivity index (χ2n) is 9.16. The summed E-state index contributed by atoms with van der Waals surface area (Å²) in [5.41, 5.74) is -4.21. The topological polar surface area (TPSA) is 107 Å². The minimum atomic E-state index is -4.94. The van der Waals surface area contributed by atoms with Crippen LogP contribution in [-0.4, -0.2) is 122 Å². The highest BCUT2D eigenvalue weighted by Gasteiger charge is 2.62. The van der Waals surface area contributed by atoms with Crippen molar-refractivity contribution in [3.8, 4) is 0 Å². The number of carbonyl (C=O) groups is 1. The number of alkyl halides is 6. The van der Waals surface area contributed by atoms with Gasteiger partial charge in [0.2, 0.25) is 11.9 Å². The molecule has 0 atom stereocenters. The smallest absolute Gasteiger partial charge is 0.369 e.